The molecule has 0 saturated carbocycles. The zero-order chi connectivity index (χ0) is 36.6. The fourth-order valence-corrected chi connectivity index (χ4v) is 6.98. The number of hydrogen-bond acceptors (Lipinski definition) is 7. The van der Waals surface area contributed by atoms with E-state index in [1.807, 2.05) is 115 Å². The minimum absolute atomic E-state index is 0.0158. The monoisotopic (exact) mass is 733 g/mol. The number of carbonyl (C=O) groups excluding carboxylic acids is 1. The molecule has 0 aliphatic carbocycles. The number of benzene rings is 5. The van der Waals surface area contributed by atoms with Crippen LogP contribution in [0.4, 0.5) is 10.5 Å². The SMILES string of the molecule is O=C(NCc1ccc([C@@H]2O[C@H](CN3CCC(O)(c4ccc(Cl)cc4)CC3)C[C@H](c3ccc(CO)cc3)O2)cc1)Nc1ccc(Oc2ccccc2)cc1. The summed E-state index contributed by atoms with van der Waals surface area (Å²) in [5.41, 5.74) is 4.37. The molecule has 4 N–H and O–H groups in total. The number of rotatable bonds is 11. The highest BCUT2D eigenvalue weighted by Gasteiger charge is 2.37. The van der Waals surface area contributed by atoms with Gasteiger partial charge in [-0.05, 0) is 83.6 Å². The van der Waals surface area contributed by atoms with Crippen molar-refractivity contribution in [3.05, 3.63) is 160 Å². The summed E-state index contributed by atoms with van der Waals surface area (Å²) in [4.78, 5) is 15.0. The number of aliphatic hydroxyl groups excluding tert-OH is 1. The van der Waals surface area contributed by atoms with Crippen LogP contribution in [-0.4, -0.2) is 46.9 Å². The summed E-state index contributed by atoms with van der Waals surface area (Å²) in [7, 11) is 0. The van der Waals surface area contributed by atoms with Gasteiger partial charge in [0.2, 0.25) is 0 Å². The molecule has 7 rings (SSSR count). The second-order valence-corrected chi connectivity index (χ2v) is 14.1. The quantitative estimate of drug-likeness (QED) is 0.108. The lowest BCUT2D eigenvalue weighted by Crippen LogP contribution is -2.46. The summed E-state index contributed by atoms with van der Waals surface area (Å²) >= 11 is 6.09. The number of nitrogens with one attached hydrogen (secondary N) is 2. The zero-order valence-electron chi connectivity index (χ0n) is 29.4. The molecule has 3 atom stereocenters. The summed E-state index contributed by atoms with van der Waals surface area (Å²) in [5.74, 6) is 1.43. The highest BCUT2D eigenvalue weighted by atomic mass is 35.5. The number of anilines is 1. The van der Waals surface area contributed by atoms with Gasteiger partial charge in [0.25, 0.3) is 0 Å². The van der Waals surface area contributed by atoms with Crippen LogP contribution < -0.4 is 15.4 Å². The Hall–Kier alpha value is -4.74. The van der Waals surface area contributed by atoms with E-state index in [2.05, 4.69) is 15.5 Å². The second-order valence-electron chi connectivity index (χ2n) is 13.7. The minimum Gasteiger partial charge on any atom is -0.457 e. The van der Waals surface area contributed by atoms with Crippen LogP contribution >= 0.6 is 11.6 Å². The molecule has 2 amide bonds. The Labute approximate surface area is 315 Å². The summed E-state index contributed by atoms with van der Waals surface area (Å²) in [6.45, 7) is 2.51. The summed E-state index contributed by atoms with van der Waals surface area (Å²) in [6.07, 6.45) is 1.01. The van der Waals surface area contributed by atoms with E-state index in [1.165, 1.54) is 0 Å². The van der Waals surface area contributed by atoms with Gasteiger partial charge in [-0.3, -0.25) is 0 Å². The first-order valence-corrected chi connectivity index (χ1v) is 18.4. The Morgan fingerprint density at radius 2 is 1.43 bits per heavy atom. The van der Waals surface area contributed by atoms with Gasteiger partial charge in [0, 0.05) is 48.9 Å². The van der Waals surface area contributed by atoms with Crippen LogP contribution in [-0.2, 0) is 28.2 Å². The van der Waals surface area contributed by atoms with Gasteiger partial charge in [-0.2, -0.15) is 0 Å². The van der Waals surface area contributed by atoms with E-state index < -0.39 is 11.9 Å². The van der Waals surface area contributed by atoms with Crippen molar-refractivity contribution in [3.8, 4) is 11.5 Å². The molecular weight excluding hydrogens is 690 g/mol. The van der Waals surface area contributed by atoms with Gasteiger partial charge in [-0.25, -0.2) is 4.79 Å². The normalized spacial score (nSPS) is 20.0. The van der Waals surface area contributed by atoms with Crippen molar-refractivity contribution < 1.29 is 29.2 Å². The fourth-order valence-electron chi connectivity index (χ4n) is 6.86. The maximum absolute atomic E-state index is 12.7. The number of urea groups is 1. The third-order valence-corrected chi connectivity index (χ3v) is 10.2. The van der Waals surface area contributed by atoms with Crippen molar-refractivity contribution in [2.45, 2.75) is 56.5 Å². The number of amides is 2. The van der Waals surface area contributed by atoms with Gasteiger partial charge in [-0.1, -0.05) is 90.5 Å². The highest BCUT2D eigenvalue weighted by Crippen LogP contribution is 2.39. The average Bonchev–Trinajstić information content (AvgIpc) is 3.19. The number of hydrogen-bond donors (Lipinski definition) is 4. The number of aliphatic hydroxyl groups is 2. The molecule has 0 bridgehead atoms. The van der Waals surface area contributed by atoms with E-state index in [0.717, 1.165) is 46.7 Å². The largest absolute Gasteiger partial charge is 0.457 e. The molecule has 0 unspecified atom stereocenters. The molecule has 2 aliphatic heterocycles. The van der Waals surface area contributed by atoms with E-state index in [0.29, 0.717) is 48.8 Å². The summed E-state index contributed by atoms with van der Waals surface area (Å²) in [6, 6.07) is 39.7. The second kappa shape index (κ2) is 16.9. The van der Waals surface area contributed by atoms with Crippen molar-refractivity contribution in [2.24, 2.45) is 0 Å². The van der Waals surface area contributed by atoms with Crippen molar-refractivity contribution in [1.82, 2.24) is 10.2 Å². The van der Waals surface area contributed by atoms with E-state index >= 15 is 0 Å². The van der Waals surface area contributed by atoms with Gasteiger partial charge >= 0.3 is 6.03 Å². The molecule has 2 saturated heterocycles. The molecule has 274 valence electrons. The summed E-state index contributed by atoms with van der Waals surface area (Å²) in [5, 5.41) is 27.4. The smallest absolute Gasteiger partial charge is 0.319 e. The molecular formula is C43H44ClN3O6. The number of ether oxygens (including phenoxy) is 3. The van der Waals surface area contributed by atoms with Crippen LogP contribution in [0.2, 0.25) is 5.02 Å². The van der Waals surface area contributed by atoms with Gasteiger partial charge in [-0.15, -0.1) is 0 Å². The molecule has 2 fully saturated rings. The van der Waals surface area contributed by atoms with Gasteiger partial charge in [0.15, 0.2) is 6.29 Å². The lowest BCUT2D eigenvalue weighted by molar-refractivity contribution is -0.253. The number of carbonyl (C=O) groups is 1. The molecule has 53 heavy (non-hydrogen) atoms. The van der Waals surface area contributed by atoms with Gasteiger partial charge < -0.3 is 40.0 Å². The number of para-hydroxylation sites is 1. The third-order valence-electron chi connectivity index (χ3n) is 9.94. The molecule has 2 aliphatic rings. The standard InChI is InChI=1S/C43H44ClN3O6/c44-35-16-14-34(15-17-35)43(50)22-24-47(25-23-43)28-39-26-40(32-10-8-31(29-48)9-11-32)53-41(52-39)33-12-6-30(7-13-33)27-45-42(49)46-36-18-20-38(21-19-36)51-37-4-2-1-3-5-37/h1-21,39-41,48,50H,22-29H2,(H2,45,46,49)/t39-,40+,41+/m0/s1. The van der Waals surface area contributed by atoms with Crippen LogP contribution in [0.1, 0.15) is 59.5 Å². The molecule has 5 aromatic carbocycles. The van der Waals surface area contributed by atoms with E-state index in [-0.39, 0.29) is 24.8 Å². The lowest BCUT2D eigenvalue weighted by Gasteiger charge is -2.42. The first-order chi connectivity index (χ1) is 25.8. The number of likely N-dealkylation sites (tertiary alicyclic amines) is 1. The maximum atomic E-state index is 12.7. The van der Waals surface area contributed by atoms with E-state index in [1.54, 1.807) is 12.1 Å². The van der Waals surface area contributed by atoms with Crippen LogP contribution in [0.3, 0.4) is 0 Å². The topological polar surface area (TPSA) is 113 Å². The first kappa shape index (κ1) is 36.6. The Bertz CT molecular complexity index is 1920. The van der Waals surface area contributed by atoms with Crippen LogP contribution in [0, 0.1) is 0 Å². The maximum Gasteiger partial charge on any atom is 0.319 e. The minimum atomic E-state index is -0.877. The van der Waals surface area contributed by atoms with E-state index in [4.69, 9.17) is 25.8 Å². The molecule has 2 heterocycles. The Morgan fingerprint density at radius 3 is 2.11 bits per heavy atom. The number of piperidine rings is 1. The first-order valence-electron chi connectivity index (χ1n) is 18.0. The fraction of sp³-hybridized carbons (Fsp3) is 0.279. The molecule has 0 aromatic heterocycles. The van der Waals surface area contributed by atoms with Crippen molar-refractivity contribution in [1.29, 1.82) is 0 Å². The Kier molecular flexibility index (Phi) is 11.7. The van der Waals surface area contributed by atoms with Crippen molar-refractivity contribution in [2.75, 3.05) is 25.0 Å². The van der Waals surface area contributed by atoms with Gasteiger partial charge in [0.1, 0.15) is 11.5 Å². The van der Waals surface area contributed by atoms with E-state index in [9.17, 15) is 15.0 Å². The summed E-state index contributed by atoms with van der Waals surface area (Å²) < 4.78 is 19.0. The molecule has 0 spiro atoms. The molecule has 10 heteroatoms. The van der Waals surface area contributed by atoms with Crippen molar-refractivity contribution in [3.63, 3.8) is 0 Å². The Morgan fingerprint density at radius 1 is 0.792 bits per heavy atom. The predicted molar refractivity (Wildman–Crippen MR) is 205 cm³/mol. The Balaban J connectivity index is 0.952. The van der Waals surface area contributed by atoms with Gasteiger partial charge in [0.05, 0.1) is 24.4 Å². The predicted octanol–water partition coefficient (Wildman–Crippen LogP) is 8.48. The third kappa shape index (κ3) is 9.63. The molecule has 0 radical (unpaired) electrons. The molecule has 9 nitrogen and oxygen atoms in total. The highest BCUT2D eigenvalue weighted by molar-refractivity contribution is 6.30. The number of nitrogens with zero attached hydrogens (tertiary/aromatic N) is 1. The van der Waals surface area contributed by atoms with Crippen LogP contribution in [0.15, 0.2) is 127 Å². The van der Waals surface area contributed by atoms with Crippen LogP contribution in [0.5, 0.6) is 11.5 Å². The van der Waals surface area contributed by atoms with Crippen LogP contribution in [0.25, 0.3) is 0 Å². The molecule has 5 aromatic rings. The zero-order valence-corrected chi connectivity index (χ0v) is 30.1. The average molecular weight is 734 g/mol. The van der Waals surface area contributed by atoms with Crippen molar-refractivity contribution >= 4 is 23.3 Å². The lowest BCUT2D eigenvalue weighted by atomic mass is 9.84. The number of halogens is 1.